The first-order valence-corrected chi connectivity index (χ1v) is 6.96. The molecule has 0 bridgehead atoms. The van der Waals surface area contributed by atoms with Gasteiger partial charge >= 0.3 is 0 Å². The second-order valence-electron chi connectivity index (χ2n) is 5.56. The van der Waals surface area contributed by atoms with Gasteiger partial charge in [0.1, 0.15) is 0 Å². The van der Waals surface area contributed by atoms with Crippen LogP contribution in [0.4, 0.5) is 0 Å². The molecule has 0 spiro atoms. The van der Waals surface area contributed by atoms with E-state index < -0.39 is 5.60 Å². The maximum absolute atomic E-state index is 12.1. The first kappa shape index (κ1) is 15.7. The number of nitrogens with zero attached hydrogens (tertiary/aromatic N) is 1. The number of aliphatic hydroxyl groups is 1. The van der Waals surface area contributed by atoms with Crippen LogP contribution in [0, 0.1) is 0 Å². The van der Waals surface area contributed by atoms with E-state index in [0.29, 0.717) is 19.5 Å². The van der Waals surface area contributed by atoms with Gasteiger partial charge in [0.15, 0.2) is 0 Å². The van der Waals surface area contributed by atoms with Crippen LogP contribution >= 0.6 is 0 Å². The van der Waals surface area contributed by atoms with Crippen LogP contribution in [0.3, 0.4) is 0 Å². The SMILES string of the molecule is CCN(CC(C)(C)O)C(=O)CCCc1ccccc1. The summed E-state index contributed by atoms with van der Waals surface area (Å²) in [7, 11) is 0. The number of hydrogen-bond acceptors (Lipinski definition) is 2. The van der Waals surface area contributed by atoms with Crippen LogP contribution in [-0.2, 0) is 11.2 Å². The normalized spacial score (nSPS) is 11.4. The topological polar surface area (TPSA) is 40.5 Å². The number of benzene rings is 1. The molecule has 1 amide bonds. The monoisotopic (exact) mass is 263 g/mol. The van der Waals surface area contributed by atoms with Crippen molar-refractivity contribution in [2.24, 2.45) is 0 Å². The first-order valence-electron chi connectivity index (χ1n) is 6.96. The third-order valence-electron chi connectivity index (χ3n) is 3.01. The van der Waals surface area contributed by atoms with E-state index in [0.717, 1.165) is 12.8 Å². The molecule has 1 aromatic carbocycles. The zero-order valence-electron chi connectivity index (χ0n) is 12.2. The minimum Gasteiger partial charge on any atom is -0.389 e. The molecule has 0 aliphatic rings. The molecule has 1 N–H and O–H groups in total. The lowest BCUT2D eigenvalue weighted by Gasteiger charge is -2.28. The Hall–Kier alpha value is -1.35. The Morgan fingerprint density at radius 1 is 1.26 bits per heavy atom. The van der Waals surface area contributed by atoms with Crippen LogP contribution in [0.15, 0.2) is 30.3 Å². The number of rotatable bonds is 7. The summed E-state index contributed by atoms with van der Waals surface area (Å²) in [4.78, 5) is 13.8. The van der Waals surface area contributed by atoms with Crippen LogP contribution in [0.1, 0.15) is 39.2 Å². The largest absolute Gasteiger partial charge is 0.389 e. The minimum atomic E-state index is -0.828. The molecule has 1 aromatic rings. The summed E-state index contributed by atoms with van der Waals surface area (Å²) in [6.45, 7) is 6.45. The maximum Gasteiger partial charge on any atom is 0.222 e. The van der Waals surface area contributed by atoms with Gasteiger partial charge in [-0.15, -0.1) is 0 Å². The van der Waals surface area contributed by atoms with Gasteiger partial charge in [-0.1, -0.05) is 30.3 Å². The standard InChI is InChI=1S/C16H25NO2/c1-4-17(13-16(2,3)19)15(18)12-8-11-14-9-6-5-7-10-14/h5-7,9-10,19H,4,8,11-13H2,1-3H3. The van der Waals surface area contributed by atoms with E-state index in [1.54, 1.807) is 18.7 Å². The molecule has 0 atom stereocenters. The number of amides is 1. The zero-order chi connectivity index (χ0) is 14.3. The summed E-state index contributed by atoms with van der Waals surface area (Å²) < 4.78 is 0. The molecule has 3 heteroatoms. The quantitative estimate of drug-likeness (QED) is 0.821. The molecule has 0 fully saturated rings. The number of likely N-dealkylation sites (N-methyl/N-ethyl adjacent to an activating group) is 1. The second kappa shape index (κ2) is 7.29. The number of carbonyl (C=O) groups is 1. The molecule has 0 saturated carbocycles. The van der Waals surface area contributed by atoms with E-state index in [-0.39, 0.29) is 5.91 Å². The smallest absolute Gasteiger partial charge is 0.222 e. The van der Waals surface area contributed by atoms with Crippen molar-refractivity contribution in [3.63, 3.8) is 0 Å². The fraction of sp³-hybridized carbons (Fsp3) is 0.562. The Morgan fingerprint density at radius 3 is 2.42 bits per heavy atom. The van der Waals surface area contributed by atoms with E-state index >= 15 is 0 Å². The van der Waals surface area contributed by atoms with Gasteiger partial charge in [0.25, 0.3) is 0 Å². The fourth-order valence-corrected chi connectivity index (χ4v) is 2.09. The molecular formula is C16H25NO2. The summed E-state index contributed by atoms with van der Waals surface area (Å²) in [5.74, 6) is 0.126. The number of aryl methyl sites for hydroxylation is 1. The highest BCUT2D eigenvalue weighted by atomic mass is 16.3. The molecule has 0 saturated heterocycles. The van der Waals surface area contributed by atoms with E-state index in [2.05, 4.69) is 12.1 Å². The van der Waals surface area contributed by atoms with Crippen molar-refractivity contribution < 1.29 is 9.90 Å². The van der Waals surface area contributed by atoms with Gasteiger partial charge in [0.05, 0.1) is 5.60 Å². The van der Waals surface area contributed by atoms with E-state index in [1.807, 2.05) is 25.1 Å². The van der Waals surface area contributed by atoms with Crippen molar-refractivity contribution in [3.05, 3.63) is 35.9 Å². The Kier molecular flexibility index (Phi) is 6.03. The Balaban J connectivity index is 2.37. The lowest BCUT2D eigenvalue weighted by Crippen LogP contribution is -2.42. The maximum atomic E-state index is 12.1. The van der Waals surface area contributed by atoms with Gasteiger partial charge in [-0.25, -0.2) is 0 Å². The van der Waals surface area contributed by atoms with Crippen molar-refractivity contribution in [2.75, 3.05) is 13.1 Å². The molecular weight excluding hydrogens is 238 g/mol. The zero-order valence-corrected chi connectivity index (χ0v) is 12.2. The minimum absolute atomic E-state index is 0.126. The molecule has 0 aliphatic heterocycles. The molecule has 3 nitrogen and oxygen atoms in total. The molecule has 106 valence electrons. The van der Waals surface area contributed by atoms with Crippen molar-refractivity contribution >= 4 is 5.91 Å². The van der Waals surface area contributed by atoms with Crippen LogP contribution in [-0.4, -0.2) is 34.6 Å². The van der Waals surface area contributed by atoms with Gasteiger partial charge < -0.3 is 10.0 Å². The summed E-state index contributed by atoms with van der Waals surface area (Å²) in [5.41, 5.74) is 0.436. The Bertz CT molecular complexity index is 381. The summed E-state index contributed by atoms with van der Waals surface area (Å²) >= 11 is 0. The first-order chi connectivity index (χ1) is 8.92. The van der Waals surface area contributed by atoms with Gasteiger partial charge in [0.2, 0.25) is 5.91 Å². The van der Waals surface area contributed by atoms with E-state index in [9.17, 15) is 9.90 Å². The van der Waals surface area contributed by atoms with Gasteiger partial charge in [-0.3, -0.25) is 4.79 Å². The van der Waals surface area contributed by atoms with Crippen molar-refractivity contribution in [3.8, 4) is 0 Å². The summed E-state index contributed by atoms with van der Waals surface area (Å²) in [5, 5.41) is 9.78. The molecule has 0 unspecified atom stereocenters. The fourth-order valence-electron chi connectivity index (χ4n) is 2.09. The Morgan fingerprint density at radius 2 is 1.89 bits per heavy atom. The lowest BCUT2D eigenvalue weighted by molar-refractivity contribution is -0.134. The molecule has 0 heterocycles. The van der Waals surface area contributed by atoms with Gasteiger partial charge in [-0.2, -0.15) is 0 Å². The van der Waals surface area contributed by atoms with Gasteiger partial charge in [-0.05, 0) is 39.2 Å². The molecule has 0 aromatic heterocycles. The number of carbonyl (C=O) groups excluding carboxylic acids is 1. The summed E-state index contributed by atoms with van der Waals surface area (Å²) in [6, 6.07) is 10.2. The van der Waals surface area contributed by atoms with Crippen LogP contribution in [0.2, 0.25) is 0 Å². The molecule has 0 aliphatic carbocycles. The third-order valence-corrected chi connectivity index (χ3v) is 3.01. The highest BCUT2D eigenvalue weighted by molar-refractivity contribution is 5.76. The van der Waals surface area contributed by atoms with Crippen LogP contribution in [0.5, 0.6) is 0 Å². The predicted molar refractivity (Wildman–Crippen MR) is 77.9 cm³/mol. The third kappa shape index (κ3) is 6.39. The molecule has 1 rings (SSSR count). The van der Waals surface area contributed by atoms with Crippen LogP contribution < -0.4 is 0 Å². The van der Waals surface area contributed by atoms with Crippen LogP contribution in [0.25, 0.3) is 0 Å². The van der Waals surface area contributed by atoms with E-state index in [4.69, 9.17) is 0 Å². The predicted octanol–water partition coefficient (Wildman–Crippen LogP) is 2.63. The highest BCUT2D eigenvalue weighted by Crippen LogP contribution is 2.09. The average Bonchev–Trinajstić information content (AvgIpc) is 2.36. The number of hydrogen-bond donors (Lipinski definition) is 1. The molecule has 19 heavy (non-hydrogen) atoms. The van der Waals surface area contributed by atoms with Crippen molar-refractivity contribution in [2.45, 2.75) is 45.6 Å². The lowest BCUT2D eigenvalue weighted by atomic mass is 10.1. The second-order valence-corrected chi connectivity index (χ2v) is 5.56. The highest BCUT2D eigenvalue weighted by Gasteiger charge is 2.20. The van der Waals surface area contributed by atoms with Gasteiger partial charge in [0, 0.05) is 19.5 Å². The van der Waals surface area contributed by atoms with Crippen molar-refractivity contribution in [1.82, 2.24) is 4.90 Å². The van der Waals surface area contributed by atoms with Crippen molar-refractivity contribution in [1.29, 1.82) is 0 Å². The Labute approximate surface area is 116 Å². The summed E-state index contributed by atoms with van der Waals surface area (Å²) in [6.07, 6.45) is 2.32. The average molecular weight is 263 g/mol. The molecule has 0 radical (unpaired) electrons. The van der Waals surface area contributed by atoms with E-state index in [1.165, 1.54) is 5.56 Å².